The fourth-order valence-corrected chi connectivity index (χ4v) is 3.91. The van der Waals surface area contributed by atoms with Gasteiger partial charge < -0.3 is 10.2 Å². The smallest absolute Gasteiger partial charge is 0.318 e. The van der Waals surface area contributed by atoms with Crippen molar-refractivity contribution in [1.29, 1.82) is 0 Å². The number of urea groups is 1. The number of anilines is 1. The van der Waals surface area contributed by atoms with Crippen LogP contribution in [0.3, 0.4) is 0 Å². The molecule has 2 fully saturated rings. The van der Waals surface area contributed by atoms with Crippen LogP contribution in [0.5, 0.6) is 0 Å². The van der Waals surface area contributed by atoms with E-state index >= 15 is 0 Å². The maximum absolute atomic E-state index is 12.7. The highest BCUT2D eigenvalue weighted by Gasteiger charge is 2.37. The summed E-state index contributed by atoms with van der Waals surface area (Å²) in [5.74, 6) is 0.689. The fourth-order valence-electron chi connectivity index (χ4n) is 3.91. The lowest BCUT2D eigenvalue weighted by atomic mass is 10.2. The van der Waals surface area contributed by atoms with Gasteiger partial charge in [-0.15, -0.1) is 0 Å². The summed E-state index contributed by atoms with van der Waals surface area (Å²) in [5, 5.41) is 11.6. The van der Waals surface area contributed by atoms with Gasteiger partial charge in [0.15, 0.2) is 0 Å². The second kappa shape index (κ2) is 6.71. The Morgan fingerprint density at radius 3 is 2.74 bits per heavy atom. The van der Waals surface area contributed by atoms with Crippen molar-refractivity contribution in [1.82, 2.24) is 29.8 Å². The number of aromatic nitrogens is 4. The van der Waals surface area contributed by atoms with Gasteiger partial charge in [-0.25, -0.2) is 4.79 Å². The molecule has 0 radical (unpaired) electrons. The summed E-state index contributed by atoms with van der Waals surface area (Å²) in [6.45, 7) is 5.76. The quantitative estimate of drug-likeness (QED) is 0.872. The first kappa shape index (κ1) is 17.6. The van der Waals surface area contributed by atoms with Gasteiger partial charge in [-0.05, 0) is 32.3 Å². The number of hydrogen-bond acceptors (Lipinski definition) is 4. The van der Waals surface area contributed by atoms with Crippen molar-refractivity contribution >= 4 is 17.8 Å². The molecule has 2 saturated heterocycles. The van der Waals surface area contributed by atoms with Gasteiger partial charge in [-0.3, -0.25) is 19.1 Å². The van der Waals surface area contributed by atoms with Crippen LogP contribution in [0.15, 0.2) is 18.5 Å². The number of hydrogen-bond donors (Lipinski definition) is 1. The van der Waals surface area contributed by atoms with Gasteiger partial charge in [0.1, 0.15) is 11.9 Å². The number of carbonyl (C=O) groups excluding carboxylic acids is 2. The summed E-state index contributed by atoms with van der Waals surface area (Å²) >= 11 is 0. The van der Waals surface area contributed by atoms with Crippen LogP contribution in [-0.4, -0.2) is 62.1 Å². The maximum Gasteiger partial charge on any atom is 0.318 e. The number of nitrogens with one attached hydrogen (secondary N) is 1. The molecule has 0 saturated carbocycles. The second-order valence-electron chi connectivity index (χ2n) is 7.43. The van der Waals surface area contributed by atoms with Crippen LogP contribution in [0.1, 0.15) is 30.1 Å². The van der Waals surface area contributed by atoms with Gasteiger partial charge in [0.05, 0.1) is 17.9 Å². The predicted molar refractivity (Wildman–Crippen MR) is 99.4 cm³/mol. The Morgan fingerprint density at radius 2 is 2.07 bits per heavy atom. The Hall–Kier alpha value is -2.84. The number of aryl methyl sites for hydroxylation is 3. The molecule has 2 aromatic heterocycles. The van der Waals surface area contributed by atoms with E-state index in [1.807, 2.05) is 44.0 Å². The van der Waals surface area contributed by atoms with Gasteiger partial charge in [0.25, 0.3) is 5.91 Å². The Morgan fingerprint density at radius 1 is 1.26 bits per heavy atom. The van der Waals surface area contributed by atoms with E-state index in [1.165, 1.54) is 0 Å². The van der Waals surface area contributed by atoms with E-state index in [0.717, 1.165) is 23.5 Å². The zero-order valence-electron chi connectivity index (χ0n) is 15.9. The maximum atomic E-state index is 12.7. The van der Waals surface area contributed by atoms with Crippen LogP contribution in [0.25, 0.3) is 0 Å². The molecule has 4 heterocycles. The van der Waals surface area contributed by atoms with Crippen molar-refractivity contribution in [3.63, 3.8) is 0 Å². The summed E-state index contributed by atoms with van der Waals surface area (Å²) < 4.78 is 3.63. The van der Waals surface area contributed by atoms with Crippen LogP contribution in [0.4, 0.5) is 10.6 Å². The Bertz CT molecular complexity index is 871. The summed E-state index contributed by atoms with van der Waals surface area (Å²) in [4.78, 5) is 28.9. The van der Waals surface area contributed by atoms with Gasteiger partial charge in [0, 0.05) is 38.9 Å². The minimum absolute atomic E-state index is 0.0789. The molecule has 2 unspecified atom stereocenters. The molecule has 9 heteroatoms. The Balaban J connectivity index is 1.36. The monoisotopic (exact) mass is 371 g/mol. The van der Waals surface area contributed by atoms with Crippen LogP contribution < -0.4 is 10.2 Å². The topological polar surface area (TPSA) is 88.3 Å². The lowest BCUT2D eigenvalue weighted by Crippen LogP contribution is -2.47. The molecule has 27 heavy (non-hydrogen) atoms. The van der Waals surface area contributed by atoms with E-state index in [9.17, 15) is 9.59 Å². The highest BCUT2D eigenvalue weighted by molar-refractivity contribution is 6.00. The minimum atomic E-state index is -0.487. The molecule has 1 N–H and O–H groups in total. The third-order valence-electron chi connectivity index (χ3n) is 5.31. The lowest BCUT2D eigenvalue weighted by Gasteiger charge is -2.21. The van der Waals surface area contributed by atoms with E-state index < -0.39 is 6.04 Å². The molecular formula is C18H25N7O2. The Labute approximate surface area is 157 Å². The first-order valence-corrected chi connectivity index (χ1v) is 9.30. The highest BCUT2D eigenvalue weighted by atomic mass is 16.2. The summed E-state index contributed by atoms with van der Waals surface area (Å²) in [5.41, 5.74) is 1.98. The number of likely N-dealkylation sites (tertiary alicyclic amines) is 1. The molecule has 2 aromatic rings. The molecule has 2 aliphatic rings. The molecule has 0 spiro atoms. The third-order valence-corrected chi connectivity index (χ3v) is 5.31. The molecule has 3 amide bonds. The molecule has 144 valence electrons. The summed E-state index contributed by atoms with van der Waals surface area (Å²) in [6.07, 6.45) is 5.30. The van der Waals surface area contributed by atoms with Gasteiger partial charge in [0.2, 0.25) is 0 Å². The highest BCUT2D eigenvalue weighted by Crippen LogP contribution is 2.24. The number of rotatable bonds is 3. The molecule has 0 aromatic carbocycles. The van der Waals surface area contributed by atoms with Gasteiger partial charge >= 0.3 is 6.03 Å². The first-order chi connectivity index (χ1) is 12.9. The second-order valence-corrected chi connectivity index (χ2v) is 7.43. The lowest BCUT2D eigenvalue weighted by molar-refractivity contribution is -0.118. The predicted octanol–water partition coefficient (Wildman–Crippen LogP) is 0.995. The van der Waals surface area contributed by atoms with E-state index in [1.54, 1.807) is 14.5 Å². The van der Waals surface area contributed by atoms with Crippen molar-refractivity contribution in [2.75, 3.05) is 24.5 Å². The van der Waals surface area contributed by atoms with Crippen LogP contribution in [0, 0.1) is 13.8 Å². The first-order valence-electron chi connectivity index (χ1n) is 9.30. The molecule has 0 aliphatic carbocycles. The number of amides is 3. The molecule has 9 nitrogen and oxygen atoms in total. The SMILES string of the molecule is Cc1cnn(C2CCN(C(=O)NC3CCN(c4cc(C)nn4C)C3=O)C2)c1. The van der Waals surface area contributed by atoms with E-state index in [0.29, 0.717) is 26.1 Å². The minimum Gasteiger partial charge on any atom is -0.326 e. The van der Waals surface area contributed by atoms with Gasteiger partial charge in [-0.2, -0.15) is 10.2 Å². The zero-order chi connectivity index (χ0) is 19.1. The Kier molecular flexibility index (Phi) is 4.37. The van der Waals surface area contributed by atoms with Crippen LogP contribution in [0.2, 0.25) is 0 Å². The molecule has 0 bridgehead atoms. The van der Waals surface area contributed by atoms with E-state index in [4.69, 9.17) is 0 Å². The average Bonchev–Trinajstić information content (AvgIpc) is 3.37. The number of carbonyl (C=O) groups is 2. The van der Waals surface area contributed by atoms with Crippen molar-refractivity contribution in [2.24, 2.45) is 7.05 Å². The van der Waals surface area contributed by atoms with Crippen LogP contribution in [-0.2, 0) is 11.8 Å². The molecular weight excluding hydrogens is 346 g/mol. The van der Waals surface area contributed by atoms with Crippen molar-refractivity contribution in [2.45, 2.75) is 38.8 Å². The summed E-state index contributed by atoms with van der Waals surface area (Å²) in [6, 6.07) is 1.42. The van der Waals surface area contributed by atoms with Gasteiger partial charge in [-0.1, -0.05) is 0 Å². The third kappa shape index (κ3) is 3.29. The fraction of sp³-hybridized carbons (Fsp3) is 0.556. The van der Waals surface area contributed by atoms with Crippen molar-refractivity contribution in [3.8, 4) is 0 Å². The zero-order valence-corrected chi connectivity index (χ0v) is 15.9. The number of nitrogens with zero attached hydrogens (tertiary/aromatic N) is 6. The normalized spacial score (nSPS) is 22.7. The molecule has 2 aliphatic heterocycles. The molecule has 4 rings (SSSR count). The molecule has 2 atom stereocenters. The van der Waals surface area contributed by atoms with Crippen molar-refractivity contribution < 1.29 is 9.59 Å². The summed E-state index contributed by atoms with van der Waals surface area (Å²) in [7, 11) is 1.82. The average molecular weight is 371 g/mol. The van der Waals surface area contributed by atoms with Crippen molar-refractivity contribution in [3.05, 3.63) is 29.7 Å². The standard InChI is InChI=1S/C18H25N7O2/c1-12-9-19-25(10-12)14-4-6-23(11-14)18(27)20-15-5-7-24(17(15)26)16-8-13(2)21-22(16)3/h8-10,14-15H,4-7,11H2,1-3H3,(H,20,27). The van der Waals surface area contributed by atoms with E-state index in [2.05, 4.69) is 15.5 Å². The van der Waals surface area contributed by atoms with E-state index in [-0.39, 0.29) is 18.0 Å². The largest absolute Gasteiger partial charge is 0.326 e. The van der Waals surface area contributed by atoms with Crippen LogP contribution >= 0.6 is 0 Å².